The molecule has 0 aliphatic carbocycles. The van der Waals surface area contributed by atoms with Crippen LogP contribution < -0.4 is 5.32 Å². The van der Waals surface area contributed by atoms with Gasteiger partial charge in [-0.3, -0.25) is 4.79 Å². The van der Waals surface area contributed by atoms with Crippen LogP contribution in [0.25, 0.3) is 5.69 Å². The van der Waals surface area contributed by atoms with Crippen molar-refractivity contribution < 1.29 is 14.3 Å². The molecule has 0 fully saturated rings. The first-order valence-corrected chi connectivity index (χ1v) is 7.61. The average Bonchev–Trinajstić information content (AvgIpc) is 3.23. The maximum Gasteiger partial charge on any atom is 0.291 e. The number of benzene rings is 1. The van der Waals surface area contributed by atoms with Crippen molar-refractivity contribution in [3.05, 3.63) is 65.1 Å². The number of hydrogen-bond donors (Lipinski definition) is 2. The van der Waals surface area contributed by atoms with Gasteiger partial charge in [0.05, 0.1) is 18.5 Å². The van der Waals surface area contributed by atoms with Gasteiger partial charge in [0.2, 0.25) is 5.82 Å². The molecule has 0 aliphatic rings. The first-order valence-electron chi connectivity index (χ1n) is 7.24. The molecule has 0 radical (unpaired) electrons. The number of aliphatic hydroxyl groups excluding tert-OH is 1. The van der Waals surface area contributed by atoms with Gasteiger partial charge in [-0.15, -0.1) is 5.10 Å². The molecule has 3 rings (SSSR count). The molecule has 2 aromatic heterocycles. The molecule has 0 aliphatic heterocycles. The predicted molar refractivity (Wildman–Crippen MR) is 87.1 cm³/mol. The maximum absolute atomic E-state index is 12.2. The minimum atomic E-state index is -0.927. The molecule has 0 saturated heterocycles. The van der Waals surface area contributed by atoms with Crippen molar-refractivity contribution in [2.24, 2.45) is 0 Å². The summed E-state index contributed by atoms with van der Waals surface area (Å²) in [7, 11) is 0. The standard InChI is InChI=1S/C16H15ClN4O3/c1-10-19-15(20-21(10)12-6-4-11(17)5-7-12)16(23)18-9-13(22)14-3-2-8-24-14/h2-8,13,22H,9H2,1H3,(H,18,23). The van der Waals surface area contributed by atoms with Gasteiger partial charge >= 0.3 is 0 Å². The third-order valence-electron chi connectivity index (χ3n) is 3.37. The zero-order valence-electron chi connectivity index (χ0n) is 12.8. The lowest BCUT2D eigenvalue weighted by molar-refractivity contribution is 0.0891. The molecular formula is C16H15ClN4O3. The molecule has 0 saturated carbocycles. The summed E-state index contributed by atoms with van der Waals surface area (Å²) in [5.74, 6) is 0.491. The van der Waals surface area contributed by atoms with Gasteiger partial charge in [-0.25, -0.2) is 9.67 Å². The van der Waals surface area contributed by atoms with Gasteiger partial charge in [0.15, 0.2) is 0 Å². The van der Waals surface area contributed by atoms with E-state index in [9.17, 15) is 9.90 Å². The Bertz CT molecular complexity index is 828. The second-order valence-electron chi connectivity index (χ2n) is 5.11. The van der Waals surface area contributed by atoms with Crippen molar-refractivity contribution in [1.29, 1.82) is 0 Å². The van der Waals surface area contributed by atoms with Gasteiger partial charge < -0.3 is 14.8 Å². The normalized spacial score (nSPS) is 12.1. The quantitative estimate of drug-likeness (QED) is 0.739. The fraction of sp³-hybridized carbons (Fsp3) is 0.188. The highest BCUT2D eigenvalue weighted by Crippen LogP contribution is 2.15. The average molecular weight is 347 g/mol. The van der Waals surface area contributed by atoms with E-state index >= 15 is 0 Å². The maximum atomic E-state index is 12.2. The molecule has 1 unspecified atom stereocenters. The molecule has 0 bridgehead atoms. The number of nitrogens with zero attached hydrogens (tertiary/aromatic N) is 3. The van der Waals surface area contributed by atoms with E-state index in [-0.39, 0.29) is 12.4 Å². The van der Waals surface area contributed by atoms with E-state index in [0.717, 1.165) is 5.69 Å². The number of hydrogen-bond acceptors (Lipinski definition) is 5. The van der Waals surface area contributed by atoms with Crippen molar-refractivity contribution in [2.75, 3.05) is 6.54 Å². The monoisotopic (exact) mass is 346 g/mol. The zero-order chi connectivity index (χ0) is 17.1. The molecule has 2 N–H and O–H groups in total. The highest BCUT2D eigenvalue weighted by atomic mass is 35.5. The van der Waals surface area contributed by atoms with Gasteiger partial charge in [0.1, 0.15) is 17.7 Å². The van der Waals surface area contributed by atoms with Crippen LogP contribution in [0.1, 0.15) is 28.3 Å². The van der Waals surface area contributed by atoms with Crippen molar-refractivity contribution in [3.63, 3.8) is 0 Å². The number of nitrogens with one attached hydrogen (secondary N) is 1. The number of carbonyl (C=O) groups is 1. The van der Waals surface area contributed by atoms with E-state index in [1.165, 1.54) is 6.26 Å². The zero-order valence-corrected chi connectivity index (χ0v) is 13.6. The number of aromatic nitrogens is 3. The van der Waals surface area contributed by atoms with Crippen LogP contribution in [0, 0.1) is 6.92 Å². The first-order chi connectivity index (χ1) is 11.5. The smallest absolute Gasteiger partial charge is 0.291 e. The number of furan rings is 1. The van der Waals surface area contributed by atoms with Gasteiger partial charge in [0.25, 0.3) is 5.91 Å². The van der Waals surface area contributed by atoms with Crippen LogP contribution in [0.15, 0.2) is 47.1 Å². The van der Waals surface area contributed by atoms with Gasteiger partial charge in [0, 0.05) is 5.02 Å². The van der Waals surface area contributed by atoms with Crippen molar-refractivity contribution >= 4 is 17.5 Å². The molecule has 1 amide bonds. The fourth-order valence-corrected chi connectivity index (χ4v) is 2.29. The number of amides is 1. The highest BCUT2D eigenvalue weighted by molar-refractivity contribution is 6.30. The summed E-state index contributed by atoms with van der Waals surface area (Å²) in [5.41, 5.74) is 0.749. The molecule has 8 heteroatoms. The molecule has 124 valence electrons. The van der Waals surface area contributed by atoms with Crippen LogP contribution in [-0.4, -0.2) is 32.3 Å². The Morgan fingerprint density at radius 3 is 2.79 bits per heavy atom. The number of halogens is 1. The van der Waals surface area contributed by atoms with Crippen molar-refractivity contribution in [3.8, 4) is 5.69 Å². The topological polar surface area (TPSA) is 93.2 Å². The Morgan fingerprint density at radius 2 is 2.12 bits per heavy atom. The molecular weight excluding hydrogens is 332 g/mol. The number of rotatable bonds is 5. The third-order valence-corrected chi connectivity index (χ3v) is 3.62. The number of carbonyl (C=O) groups excluding carboxylic acids is 1. The molecule has 24 heavy (non-hydrogen) atoms. The Balaban J connectivity index is 1.70. The van der Waals surface area contributed by atoms with Crippen LogP contribution in [0.4, 0.5) is 0 Å². The largest absolute Gasteiger partial charge is 0.467 e. The number of aliphatic hydroxyl groups is 1. The third kappa shape index (κ3) is 3.47. The molecule has 7 nitrogen and oxygen atoms in total. The van der Waals surface area contributed by atoms with Crippen LogP contribution in [0.3, 0.4) is 0 Å². The Hall–Kier alpha value is -2.64. The van der Waals surface area contributed by atoms with E-state index in [4.69, 9.17) is 16.0 Å². The SMILES string of the molecule is Cc1nc(C(=O)NCC(O)c2ccco2)nn1-c1ccc(Cl)cc1. The minimum Gasteiger partial charge on any atom is -0.467 e. The molecule has 0 spiro atoms. The summed E-state index contributed by atoms with van der Waals surface area (Å²) in [4.78, 5) is 16.3. The lowest BCUT2D eigenvalue weighted by Crippen LogP contribution is -2.29. The van der Waals surface area contributed by atoms with Gasteiger partial charge in [-0.2, -0.15) is 0 Å². The second kappa shape index (κ2) is 6.86. The second-order valence-corrected chi connectivity index (χ2v) is 5.55. The van der Waals surface area contributed by atoms with Crippen LogP contribution in [0.5, 0.6) is 0 Å². The Kier molecular flexibility index (Phi) is 4.64. The van der Waals surface area contributed by atoms with E-state index < -0.39 is 12.0 Å². The molecule has 3 aromatic rings. The summed E-state index contributed by atoms with van der Waals surface area (Å²) in [5, 5.41) is 17.3. The van der Waals surface area contributed by atoms with Crippen molar-refractivity contribution in [1.82, 2.24) is 20.1 Å². The van der Waals surface area contributed by atoms with E-state index in [1.807, 2.05) is 0 Å². The van der Waals surface area contributed by atoms with Gasteiger partial charge in [-0.1, -0.05) is 11.6 Å². The summed E-state index contributed by atoms with van der Waals surface area (Å²) in [6, 6.07) is 10.3. The van der Waals surface area contributed by atoms with E-state index in [0.29, 0.717) is 16.6 Å². The first kappa shape index (κ1) is 16.2. The minimum absolute atomic E-state index is 0.000872. The molecule has 2 heterocycles. The van der Waals surface area contributed by atoms with E-state index in [1.54, 1.807) is 48.0 Å². The number of aryl methyl sites for hydroxylation is 1. The Labute approximate surface area is 142 Å². The lowest BCUT2D eigenvalue weighted by atomic mass is 10.3. The molecule has 1 aromatic carbocycles. The predicted octanol–water partition coefficient (Wildman–Crippen LogP) is 2.29. The fourth-order valence-electron chi connectivity index (χ4n) is 2.16. The molecule has 1 atom stereocenters. The lowest BCUT2D eigenvalue weighted by Gasteiger charge is -2.07. The van der Waals surface area contributed by atoms with E-state index in [2.05, 4.69) is 15.4 Å². The highest BCUT2D eigenvalue weighted by Gasteiger charge is 2.17. The summed E-state index contributed by atoms with van der Waals surface area (Å²) >= 11 is 5.87. The summed E-state index contributed by atoms with van der Waals surface area (Å²) < 4.78 is 6.63. The van der Waals surface area contributed by atoms with Crippen LogP contribution in [0.2, 0.25) is 5.02 Å². The van der Waals surface area contributed by atoms with Crippen LogP contribution in [-0.2, 0) is 0 Å². The summed E-state index contributed by atoms with van der Waals surface area (Å²) in [6.45, 7) is 1.75. The van der Waals surface area contributed by atoms with Crippen molar-refractivity contribution in [2.45, 2.75) is 13.0 Å². The van der Waals surface area contributed by atoms with Crippen LogP contribution >= 0.6 is 11.6 Å². The summed E-state index contributed by atoms with van der Waals surface area (Å²) in [6.07, 6.45) is 0.530. The van der Waals surface area contributed by atoms with Gasteiger partial charge in [-0.05, 0) is 43.3 Å². The Morgan fingerprint density at radius 1 is 1.38 bits per heavy atom.